The fraction of sp³-hybridized carbons (Fsp3) is 0.409. The van der Waals surface area contributed by atoms with Crippen LogP contribution in [0.4, 0.5) is 10.5 Å². The molecule has 5 heterocycles. The molecule has 2 aromatic heterocycles. The second-order valence-electron chi connectivity index (χ2n) is 8.67. The molecule has 1 saturated heterocycles. The number of anilines is 1. The predicted molar refractivity (Wildman–Crippen MR) is 125 cm³/mol. The van der Waals surface area contributed by atoms with Crippen LogP contribution in [0, 0.1) is 0 Å². The minimum atomic E-state index is -0.465. The SMILES string of the molecule is CN1Cc2cnc3ccc(C4=CNC(N)N=C4)nc3c2N(C2CCN(CC(N)=O)CC2)C1=O. The van der Waals surface area contributed by atoms with Crippen LogP contribution in [-0.2, 0) is 11.3 Å². The summed E-state index contributed by atoms with van der Waals surface area (Å²) in [4.78, 5) is 44.0. The molecule has 1 unspecified atom stereocenters. The van der Waals surface area contributed by atoms with Crippen molar-refractivity contribution >= 4 is 40.4 Å². The number of allylic oxidation sites excluding steroid dienone is 1. The zero-order valence-electron chi connectivity index (χ0n) is 18.4. The van der Waals surface area contributed by atoms with Gasteiger partial charge in [-0.3, -0.25) is 30.3 Å². The molecule has 0 radical (unpaired) electrons. The number of hydrogen-bond donors (Lipinski definition) is 3. The van der Waals surface area contributed by atoms with Gasteiger partial charge < -0.3 is 16.0 Å². The minimum Gasteiger partial charge on any atom is -0.369 e. The van der Waals surface area contributed by atoms with Gasteiger partial charge in [0.15, 0.2) is 6.29 Å². The molecule has 172 valence electrons. The Morgan fingerprint density at radius 1 is 1.27 bits per heavy atom. The van der Waals surface area contributed by atoms with Gasteiger partial charge in [0.2, 0.25) is 5.91 Å². The number of nitrogens with one attached hydrogen (secondary N) is 1. The standard InChI is InChI=1S/C22H27N9O2/c1-29-11-14-10-25-17-3-2-16(13-8-26-21(24)27-9-13)28-19(17)20(14)31(22(29)33)15-4-6-30(7-5-15)12-18(23)32/h2-3,8-10,15,21,26H,4-7,11-12,24H2,1H3,(H2,23,32). The summed E-state index contributed by atoms with van der Waals surface area (Å²) < 4.78 is 0. The van der Waals surface area contributed by atoms with E-state index in [1.807, 2.05) is 28.1 Å². The maximum Gasteiger partial charge on any atom is 0.324 e. The molecule has 3 aliphatic rings. The van der Waals surface area contributed by atoms with Crippen LogP contribution in [0.2, 0.25) is 0 Å². The van der Waals surface area contributed by atoms with Crippen LogP contribution in [0.25, 0.3) is 16.6 Å². The van der Waals surface area contributed by atoms with Crippen molar-refractivity contribution in [3.63, 3.8) is 0 Å². The maximum atomic E-state index is 13.4. The summed E-state index contributed by atoms with van der Waals surface area (Å²) in [5, 5.41) is 2.99. The van der Waals surface area contributed by atoms with E-state index >= 15 is 0 Å². The highest BCUT2D eigenvalue weighted by atomic mass is 16.2. The first-order valence-corrected chi connectivity index (χ1v) is 11.0. The number of aromatic nitrogens is 2. The number of piperidine rings is 1. The summed E-state index contributed by atoms with van der Waals surface area (Å²) in [6.45, 7) is 2.12. The largest absolute Gasteiger partial charge is 0.369 e. The molecular formula is C22H27N9O2. The lowest BCUT2D eigenvalue weighted by atomic mass is 9.99. The van der Waals surface area contributed by atoms with Crippen molar-refractivity contribution in [2.24, 2.45) is 16.5 Å². The first-order valence-electron chi connectivity index (χ1n) is 11.0. The monoisotopic (exact) mass is 449 g/mol. The summed E-state index contributed by atoms with van der Waals surface area (Å²) in [7, 11) is 1.80. The molecule has 1 fully saturated rings. The molecular weight excluding hydrogens is 422 g/mol. The fourth-order valence-corrected chi connectivity index (χ4v) is 4.69. The molecule has 33 heavy (non-hydrogen) atoms. The number of nitrogens with zero attached hydrogens (tertiary/aromatic N) is 6. The van der Waals surface area contributed by atoms with Gasteiger partial charge in [-0.05, 0) is 25.0 Å². The van der Waals surface area contributed by atoms with Crippen LogP contribution in [0.1, 0.15) is 24.1 Å². The molecule has 0 aliphatic carbocycles. The third-order valence-electron chi connectivity index (χ3n) is 6.32. The smallest absolute Gasteiger partial charge is 0.324 e. The van der Waals surface area contributed by atoms with Crippen LogP contribution in [0.5, 0.6) is 0 Å². The van der Waals surface area contributed by atoms with E-state index in [2.05, 4.69) is 15.3 Å². The Morgan fingerprint density at radius 2 is 2.06 bits per heavy atom. The average Bonchev–Trinajstić information content (AvgIpc) is 2.80. The number of pyridine rings is 2. The summed E-state index contributed by atoms with van der Waals surface area (Å²) in [6.07, 6.45) is 6.35. The van der Waals surface area contributed by atoms with Crippen molar-refractivity contribution in [1.82, 2.24) is 25.1 Å². The Kier molecular flexibility index (Phi) is 5.43. The Balaban J connectivity index is 1.54. The number of primary amides is 1. The number of amides is 3. The van der Waals surface area contributed by atoms with Crippen LogP contribution >= 0.6 is 0 Å². The fourth-order valence-electron chi connectivity index (χ4n) is 4.69. The summed E-state index contributed by atoms with van der Waals surface area (Å²) in [5.41, 5.74) is 15.8. The Bertz CT molecular complexity index is 1170. The van der Waals surface area contributed by atoms with Gasteiger partial charge in [0.25, 0.3) is 0 Å². The zero-order valence-corrected chi connectivity index (χ0v) is 18.4. The summed E-state index contributed by atoms with van der Waals surface area (Å²) >= 11 is 0. The van der Waals surface area contributed by atoms with Crippen LogP contribution in [0.15, 0.2) is 29.5 Å². The molecule has 0 aromatic carbocycles. The molecule has 11 nitrogen and oxygen atoms in total. The topological polar surface area (TPSA) is 146 Å². The van der Waals surface area contributed by atoms with Crippen molar-refractivity contribution in [2.75, 3.05) is 31.6 Å². The third kappa shape index (κ3) is 4.00. The molecule has 0 bridgehead atoms. The molecule has 2 aromatic rings. The first kappa shape index (κ1) is 21.3. The second-order valence-corrected chi connectivity index (χ2v) is 8.67. The highest BCUT2D eigenvalue weighted by Gasteiger charge is 2.37. The van der Waals surface area contributed by atoms with Crippen molar-refractivity contribution in [3.8, 4) is 0 Å². The van der Waals surface area contributed by atoms with E-state index in [4.69, 9.17) is 16.5 Å². The normalized spacial score (nSPS) is 21.7. The van der Waals surface area contributed by atoms with Gasteiger partial charge >= 0.3 is 6.03 Å². The molecule has 5 rings (SSSR count). The number of rotatable bonds is 4. The molecule has 1 atom stereocenters. The van der Waals surface area contributed by atoms with E-state index in [1.165, 1.54) is 0 Å². The quantitative estimate of drug-likeness (QED) is 0.605. The third-order valence-corrected chi connectivity index (χ3v) is 6.32. The molecule has 0 spiro atoms. The molecule has 3 aliphatic heterocycles. The minimum absolute atomic E-state index is 0.00527. The predicted octanol–water partition coefficient (Wildman–Crippen LogP) is 0.209. The van der Waals surface area contributed by atoms with Crippen molar-refractivity contribution in [3.05, 3.63) is 35.8 Å². The highest BCUT2D eigenvalue weighted by Crippen LogP contribution is 2.37. The van der Waals surface area contributed by atoms with E-state index in [1.54, 1.807) is 24.4 Å². The van der Waals surface area contributed by atoms with E-state index in [0.29, 0.717) is 25.2 Å². The number of urea groups is 1. The Morgan fingerprint density at radius 3 is 2.76 bits per heavy atom. The van der Waals surface area contributed by atoms with Gasteiger partial charge in [-0.25, -0.2) is 9.78 Å². The van der Waals surface area contributed by atoms with Crippen molar-refractivity contribution in [1.29, 1.82) is 0 Å². The van der Waals surface area contributed by atoms with Crippen molar-refractivity contribution in [2.45, 2.75) is 31.7 Å². The van der Waals surface area contributed by atoms with Crippen LogP contribution in [0.3, 0.4) is 0 Å². The van der Waals surface area contributed by atoms with E-state index in [0.717, 1.165) is 40.9 Å². The van der Waals surface area contributed by atoms with Gasteiger partial charge in [0, 0.05) is 55.9 Å². The van der Waals surface area contributed by atoms with Crippen LogP contribution < -0.4 is 21.7 Å². The van der Waals surface area contributed by atoms with Gasteiger partial charge in [-0.2, -0.15) is 0 Å². The molecule has 5 N–H and O–H groups in total. The number of likely N-dealkylation sites (tertiary alicyclic amines) is 1. The lowest BCUT2D eigenvalue weighted by molar-refractivity contribution is -0.119. The van der Waals surface area contributed by atoms with Gasteiger partial charge in [0.05, 0.1) is 30.0 Å². The summed E-state index contributed by atoms with van der Waals surface area (Å²) in [6, 6.07) is 3.75. The zero-order chi connectivity index (χ0) is 23.1. The molecule has 11 heteroatoms. The van der Waals surface area contributed by atoms with Gasteiger partial charge in [-0.15, -0.1) is 0 Å². The van der Waals surface area contributed by atoms with E-state index in [9.17, 15) is 9.59 Å². The highest BCUT2D eigenvalue weighted by molar-refractivity contribution is 6.10. The number of aliphatic imine (C=N–C) groups is 1. The van der Waals surface area contributed by atoms with Gasteiger partial charge in [-0.1, -0.05) is 0 Å². The van der Waals surface area contributed by atoms with E-state index in [-0.39, 0.29) is 24.5 Å². The lowest BCUT2D eigenvalue weighted by Crippen LogP contribution is -2.54. The number of hydrogen-bond acceptors (Lipinski definition) is 8. The molecule has 0 saturated carbocycles. The second kappa shape index (κ2) is 8.41. The van der Waals surface area contributed by atoms with E-state index < -0.39 is 6.29 Å². The van der Waals surface area contributed by atoms with Crippen LogP contribution in [-0.4, -0.2) is 76.9 Å². The summed E-state index contributed by atoms with van der Waals surface area (Å²) in [5.74, 6) is -0.336. The maximum absolute atomic E-state index is 13.4. The van der Waals surface area contributed by atoms with Gasteiger partial charge in [0.1, 0.15) is 5.52 Å². The average molecular weight is 450 g/mol. The molecule has 3 amide bonds. The Labute approximate surface area is 191 Å². The number of fused-ring (bicyclic) bond motifs is 3. The number of nitrogens with two attached hydrogens (primary N) is 2. The first-order chi connectivity index (χ1) is 15.9. The lowest BCUT2D eigenvalue weighted by Gasteiger charge is -2.43. The Hall–Kier alpha value is -3.57. The van der Waals surface area contributed by atoms with Crippen molar-refractivity contribution < 1.29 is 9.59 Å². The number of carbonyl (C=O) groups is 2. The number of carbonyl (C=O) groups excluding carboxylic acids is 2.